The van der Waals surface area contributed by atoms with Gasteiger partial charge in [-0.15, -0.1) is 0 Å². The van der Waals surface area contributed by atoms with Crippen LogP contribution in [0.5, 0.6) is 0 Å². The number of nitrogens with zero attached hydrogens (tertiary/aromatic N) is 1. The molecule has 0 N–H and O–H groups in total. The van der Waals surface area contributed by atoms with Gasteiger partial charge < -0.3 is 4.90 Å². The third-order valence-electron chi connectivity index (χ3n) is 11.1. The van der Waals surface area contributed by atoms with E-state index in [4.69, 9.17) is 0 Å². The van der Waals surface area contributed by atoms with Crippen LogP contribution in [0, 0.1) is 0 Å². The first-order valence-electron chi connectivity index (χ1n) is 18.9. The van der Waals surface area contributed by atoms with Crippen molar-refractivity contribution in [3.63, 3.8) is 0 Å². The summed E-state index contributed by atoms with van der Waals surface area (Å²) in [5.74, 6) is 0. The molecule has 2 aliphatic rings. The number of benzene rings is 8. The van der Waals surface area contributed by atoms with Gasteiger partial charge >= 0.3 is 0 Å². The molecule has 2 aliphatic carbocycles. The molecule has 252 valence electrons. The normalized spacial score (nSPS) is 13.2. The lowest BCUT2D eigenvalue weighted by Crippen LogP contribution is -2.27. The van der Waals surface area contributed by atoms with Gasteiger partial charge in [0.2, 0.25) is 0 Å². The van der Waals surface area contributed by atoms with Gasteiger partial charge in [-0.3, -0.25) is 0 Å². The molecule has 0 saturated carbocycles. The fourth-order valence-electron chi connectivity index (χ4n) is 8.53. The van der Waals surface area contributed by atoms with Crippen molar-refractivity contribution in [1.82, 2.24) is 0 Å². The van der Waals surface area contributed by atoms with E-state index in [2.05, 4.69) is 193 Å². The Hall–Kier alpha value is -6.44. The zero-order chi connectivity index (χ0) is 35.1. The fourth-order valence-corrected chi connectivity index (χ4v) is 8.53. The molecule has 53 heavy (non-hydrogen) atoms. The Labute approximate surface area is 310 Å². The lowest BCUT2D eigenvalue weighted by atomic mass is 9.93. The lowest BCUT2D eigenvalue weighted by Gasteiger charge is -2.26. The van der Waals surface area contributed by atoms with E-state index in [1.165, 1.54) is 75.8 Å². The van der Waals surface area contributed by atoms with Crippen molar-refractivity contribution in [3.05, 3.63) is 185 Å². The Morgan fingerprint density at radius 1 is 0.302 bits per heavy atom. The molecule has 0 atom stereocenters. The maximum absolute atomic E-state index is 2.41. The van der Waals surface area contributed by atoms with Gasteiger partial charge in [0.25, 0.3) is 0 Å². The van der Waals surface area contributed by atoms with Gasteiger partial charge in [-0.1, -0.05) is 140 Å². The van der Waals surface area contributed by atoms with Crippen LogP contribution < -0.4 is 25.8 Å². The number of rotatable bonds is 6. The molecule has 0 radical (unpaired) electrons. The van der Waals surface area contributed by atoms with Crippen LogP contribution in [0.1, 0.15) is 25.7 Å². The number of anilines is 3. The molecule has 0 heterocycles. The summed E-state index contributed by atoms with van der Waals surface area (Å²) in [5.41, 5.74) is 10.8. The van der Waals surface area contributed by atoms with Crippen LogP contribution in [0.3, 0.4) is 0 Å². The van der Waals surface area contributed by atoms with E-state index in [1.807, 2.05) is 0 Å². The standard InChI is InChI=1S/C52H39N/c1-2-13-36(14-3-1)39-17-12-18-44(33-39)53(42-29-25-37(26-30-42)51-34-40-15-4-6-19-45(40)47-21-8-10-23-49(47)51)43-31-27-38(28-32-43)52-35-41-16-5-7-20-46(41)48-22-9-11-24-50(48)52/h1-3,8-35H,4-7H2. The molecule has 0 aliphatic heterocycles. The number of fused-ring (bicyclic) bond motifs is 6. The van der Waals surface area contributed by atoms with Gasteiger partial charge in [-0.2, -0.15) is 0 Å². The average Bonchev–Trinajstić information content (AvgIpc) is 3.24. The minimum Gasteiger partial charge on any atom is -0.310 e. The second-order valence-corrected chi connectivity index (χ2v) is 14.3. The van der Waals surface area contributed by atoms with Gasteiger partial charge in [-0.25, -0.2) is 0 Å². The molecular formula is C52H39N. The molecule has 1 nitrogen and oxygen atoms in total. The minimum atomic E-state index is 1.10. The second kappa shape index (κ2) is 13.3. The molecule has 0 fully saturated rings. The Morgan fingerprint density at radius 3 is 1.28 bits per heavy atom. The maximum atomic E-state index is 2.41. The highest BCUT2D eigenvalue weighted by molar-refractivity contribution is 5.99. The van der Waals surface area contributed by atoms with Crippen LogP contribution in [-0.2, 0) is 0 Å². The Bertz CT molecular complexity index is 2760. The first-order chi connectivity index (χ1) is 26.3. The maximum Gasteiger partial charge on any atom is 0.0467 e. The van der Waals surface area contributed by atoms with Crippen LogP contribution in [0.15, 0.2) is 164 Å². The highest BCUT2D eigenvalue weighted by Crippen LogP contribution is 2.39. The van der Waals surface area contributed by atoms with E-state index in [1.54, 1.807) is 0 Å². The fraction of sp³-hybridized carbons (Fsp3) is 0.0769. The summed E-state index contributed by atoms with van der Waals surface area (Å²) in [6.45, 7) is 0. The zero-order valence-corrected chi connectivity index (χ0v) is 29.7. The molecule has 8 aromatic rings. The topological polar surface area (TPSA) is 3.24 Å². The number of hydrogen-bond donors (Lipinski definition) is 0. The molecule has 0 unspecified atom stereocenters. The van der Waals surface area contributed by atoms with Crippen molar-refractivity contribution in [1.29, 1.82) is 0 Å². The van der Waals surface area contributed by atoms with E-state index >= 15 is 0 Å². The summed E-state index contributed by atoms with van der Waals surface area (Å²) in [4.78, 5) is 2.39. The summed E-state index contributed by atoms with van der Waals surface area (Å²) in [5, 5.41) is 10.7. The Kier molecular flexibility index (Phi) is 7.84. The molecule has 0 amide bonds. The molecule has 0 bridgehead atoms. The van der Waals surface area contributed by atoms with Gasteiger partial charge in [0, 0.05) is 17.1 Å². The van der Waals surface area contributed by atoms with Crippen LogP contribution in [0.25, 0.3) is 79.2 Å². The second-order valence-electron chi connectivity index (χ2n) is 14.3. The molecule has 8 aromatic carbocycles. The summed E-state index contributed by atoms with van der Waals surface area (Å²) < 4.78 is 0. The van der Waals surface area contributed by atoms with Gasteiger partial charge in [0.1, 0.15) is 0 Å². The summed E-state index contributed by atoms with van der Waals surface area (Å²) in [7, 11) is 0. The highest BCUT2D eigenvalue weighted by atomic mass is 15.1. The Balaban J connectivity index is 1.10. The Morgan fingerprint density at radius 2 is 0.755 bits per heavy atom. The molecular weight excluding hydrogens is 639 g/mol. The van der Waals surface area contributed by atoms with Crippen LogP contribution in [-0.4, -0.2) is 0 Å². The number of hydrogen-bond acceptors (Lipinski definition) is 1. The van der Waals surface area contributed by atoms with Gasteiger partial charge in [0.15, 0.2) is 0 Å². The van der Waals surface area contributed by atoms with E-state index in [-0.39, 0.29) is 0 Å². The lowest BCUT2D eigenvalue weighted by molar-refractivity contribution is 1.12. The quantitative estimate of drug-likeness (QED) is 0.169. The SMILES string of the molecule is C1=c2cc(-c3ccc(N(c4ccc(-c5cc6c(c7ccccc57)=CCCC=6)cc4)c4cccc(-c5ccccc5)c4)cc3)c3ccccc3c2=CCC1. The first-order valence-corrected chi connectivity index (χ1v) is 18.9. The van der Waals surface area contributed by atoms with Crippen molar-refractivity contribution >= 4 is 62.9 Å². The summed E-state index contributed by atoms with van der Waals surface area (Å²) in [6.07, 6.45) is 14.0. The van der Waals surface area contributed by atoms with Crippen LogP contribution in [0.4, 0.5) is 17.1 Å². The van der Waals surface area contributed by atoms with Crippen molar-refractivity contribution in [3.8, 4) is 33.4 Å². The third-order valence-corrected chi connectivity index (χ3v) is 11.1. The van der Waals surface area contributed by atoms with E-state index in [0.29, 0.717) is 0 Å². The van der Waals surface area contributed by atoms with Crippen molar-refractivity contribution in [2.45, 2.75) is 25.7 Å². The van der Waals surface area contributed by atoms with Crippen molar-refractivity contribution in [2.75, 3.05) is 4.90 Å². The predicted octanol–water partition coefficient (Wildman–Crippen LogP) is 11.2. The monoisotopic (exact) mass is 677 g/mol. The molecule has 0 saturated heterocycles. The summed E-state index contributed by atoms with van der Waals surface area (Å²) >= 11 is 0. The van der Waals surface area contributed by atoms with E-state index < -0.39 is 0 Å². The summed E-state index contributed by atoms with van der Waals surface area (Å²) in [6, 6.07) is 60.4. The third kappa shape index (κ3) is 5.66. The smallest absolute Gasteiger partial charge is 0.0467 e. The zero-order valence-electron chi connectivity index (χ0n) is 29.7. The first kappa shape index (κ1) is 31.3. The van der Waals surface area contributed by atoms with Crippen LogP contribution in [0.2, 0.25) is 0 Å². The molecule has 1 heteroatoms. The predicted molar refractivity (Wildman–Crippen MR) is 227 cm³/mol. The molecule has 0 aromatic heterocycles. The largest absolute Gasteiger partial charge is 0.310 e. The molecule has 10 rings (SSSR count). The van der Waals surface area contributed by atoms with E-state index in [9.17, 15) is 0 Å². The minimum absolute atomic E-state index is 1.10. The van der Waals surface area contributed by atoms with Crippen molar-refractivity contribution < 1.29 is 0 Å². The molecule has 0 spiro atoms. The van der Waals surface area contributed by atoms with Gasteiger partial charge in [-0.05, 0) is 150 Å². The van der Waals surface area contributed by atoms with Gasteiger partial charge in [0.05, 0.1) is 0 Å². The van der Waals surface area contributed by atoms with Crippen molar-refractivity contribution in [2.24, 2.45) is 0 Å². The van der Waals surface area contributed by atoms with E-state index in [0.717, 1.165) is 42.7 Å². The van der Waals surface area contributed by atoms with Crippen LogP contribution >= 0.6 is 0 Å². The average molecular weight is 678 g/mol. The highest BCUT2D eigenvalue weighted by Gasteiger charge is 2.16.